The summed E-state index contributed by atoms with van der Waals surface area (Å²) in [6, 6.07) is 5.72. The zero-order valence-electron chi connectivity index (χ0n) is 5.00. The molecule has 0 bridgehead atoms. The minimum atomic E-state index is -0.0625. The standard InChI is InChI=1S/C5H5N.2Co.2HN/c1-2-4-6-5-3-1;;;;/h1-5H;;;2*1H. The molecule has 0 aliphatic rings. The van der Waals surface area contributed by atoms with E-state index in [1.165, 1.54) is 0 Å². The van der Waals surface area contributed by atoms with Gasteiger partial charge in [0.05, 0.1) is 0 Å². The van der Waals surface area contributed by atoms with Crippen molar-refractivity contribution < 1.29 is 31.1 Å². The number of hydrogen-bond acceptors (Lipinski definition) is 3. The van der Waals surface area contributed by atoms with Crippen LogP contribution in [0.25, 0.3) is 0 Å². The van der Waals surface area contributed by atoms with Crippen LogP contribution >= 0.6 is 0 Å². The van der Waals surface area contributed by atoms with Gasteiger partial charge in [-0.15, -0.1) is 0 Å². The fourth-order valence-electron chi connectivity index (χ4n) is 0.313. The van der Waals surface area contributed by atoms with Crippen LogP contribution in [0.1, 0.15) is 0 Å². The van der Waals surface area contributed by atoms with Crippen molar-refractivity contribution in [3.63, 3.8) is 0 Å². The molecule has 0 fully saturated rings. The van der Waals surface area contributed by atoms with Crippen LogP contribution in [-0.4, -0.2) is 4.98 Å². The zero-order valence-corrected chi connectivity index (χ0v) is 7.08. The van der Waals surface area contributed by atoms with Gasteiger partial charge in [-0.3, -0.25) is 4.98 Å². The van der Waals surface area contributed by atoms with E-state index < -0.39 is 0 Å². The molecule has 1 aromatic heterocycles. The summed E-state index contributed by atoms with van der Waals surface area (Å²) >= 11 is -0.0625. The summed E-state index contributed by atoms with van der Waals surface area (Å²) in [5.74, 6) is 0. The topological polar surface area (TPSA) is 60.6 Å². The summed E-state index contributed by atoms with van der Waals surface area (Å²) in [4.78, 5) is 3.78. The maximum Gasteiger partial charge on any atom is 0.0267 e. The van der Waals surface area contributed by atoms with Gasteiger partial charge < -0.3 is 0 Å². The van der Waals surface area contributed by atoms with Crippen molar-refractivity contribution in [2.24, 2.45) is 0 Å². The molecule has 0 atom stereocenters. The molecule has 5 heteroatoms. The fourth-order valence-corrected chi connectivity index (χ4v) is 0.313. The van der Waals surface area contributed by atoms with Crippen molar-refractivity contribution in [2.45, 2.75) is 0 Å². The third kappa shape index (κ3) is 10.7. The molecule has 1 heterocycles. The molecule has 0 aromatic carbocycles. The van der Waals surface area contributed by atoms with E-state index in [-0.39, 0.29) is 31.1 Å². The Morgan fingerprint density at radius 2 is 1.40 bits per heavy atom. The first-order valence-corrected chi connectivity index (χ1v) is 3.22. The van der Waals surface area contributed by atoms with E-state index in [4.69, 9.17) is 8.82 Å². The summed E-state index contributed by atoms with van der Waals surface area (Å²) in [7, 11) is 0. The number of pyridine rings is 1. The molecule has 2 N–H and O–H groups in total. The molecular formula is C5H7Co2N3. The van der Waals surface area contributed by atoms with Crippen molar-refractivity contribution in [1.29, 1.82) is 8.82 Å². The van der Waals surface area contributed by atoms with Gasteiger partial charge in [-0.2, -0.15) is 0 Å². The number of aromatic nitrogens is 1. The first-order chi connectivity index (χ1) is 4.41. The second-order valence-corrected chi connectivity index (χ2v) is 1.37. The van der Waals surface area contributed by atoms with Crippen molar-refractivity contribution in [2.75, 3.05) is 0 Å². The Kier molecular flexibility index (Phi) is 14.4. The van der Waals surface area contributed by atoms with Crippen molar-refractivity contribution in [1.82, 2.24) is 4.98 Å². The van der Waals surface area contributed by atoms with Crippen LogP contribution in [0.3, 0.4) is 0 Å². The van der Waals surface area contributed by atoms with Crippen LogP contribution in [0, 0.1) is 8.82 Å². The molecular weight excluding hydrogens is 220 g/mol. The molecule has 0 saturated carbocycles. The maximum absolute atomic E-state index is 5.84. The smallest absolute Gasteiger partial charge is 0.0267 e. The molecule has 0 unspecified atom stereocenters. The van der Waals surface area contributed by atoms with Crippen LogP contribution in [0.4, 0.5) is 0 Å². The summed E-state index contributed by atoms with van der Waals surface area (Å²) in [6.45, 7) is 0. The van der Waals surface area contributed by atoms with Gasteiger partial charge in [-0.1, -0.05) is 6.07 Å². The van der Waals surface area contributed by atoms with Crippen LogP contribution in [0.5, 0.6) is 0 Å². The first kappa shape index (κ1) is 12.4. The predicted molar refractivity (Wildman–Crippen MR) is 29.7 cm³/mol. The van der Waals surface area contributed by atoms with E-state index >= 15 is 0 Å². The van der Waals surface area contributed by atoms with Crippen LogP contribution in [-0.2, 0) is 31.1 Å². The fraction of sp³-hybridized carbons (Fsp3) is 0. The minimum absolute atomic E-state index is 0. The summed E-state index contributed by atoms with van der Waals surface area (Å²) in [5, 5.41) is 0. The number of nitrogens with zero attached hydrogens (tertiary/aromatic N) is 1. The number of rotatable bonds is 0. The normalized spacial score (nSPS) is 6.40. The molecule has 0 aliphatic carbocycles. The second kappa shape index (κ2) is 11.5. The maximum atomic E-state index is 5.84. The monoisotopic (exact) mass is 227 g/mol. The van der Waals surface area contributed by atoms with E-state index in [1.807, 2.05) is 18.2 Å². The molecule has 0 spiro atoms. The Morgan fingerprint density at radius 3 is 1.50 bits per heavy atom. The van der Waals surface area contributed by atoms with E-state index in [0.29, 0.717) is 0 Å². The Morgan fingerprint density at radius 1 is 1.00 bits per heavy atom. The van der Waals surface area contributed by atoms with Crippen LogP contribution < -0.4 is 0 Å². The summed E-state index contributed by atoms with van der Waals surface area (Å²) in [5.41, 5.74) is 0. The molecule has 60 valence electrons. The van der Waals surface area contributed by atoms with Gasteiger partial charge in [0.25, 0.3) is 0 Å². The third-order valence-corrected chi connectivity index (χ3v) is 0.566. The average molecular weight is 227 g/mol. The minimum Gasteiger partial charge on any atom is -0.265 e. The van der Waals surface area contributed by atoms with Crippen molar-refractivity contribution >= 4 is 0 Å². The molecule has 1 radical (unpaired) electrons. The van der Waals surface area contributed by atoms with Crippen molar-refractivity contribution in [3.8, 4) is 0 Å². The molecule has 10 heavy (non-hydrogen) atoms. The first-order valence-electron chi connectivity index (χ1n) is 2.18. The Hall–Kier alpha value is -0.237. The van der Waals surface area contributed by atoms with Gasteiger partial charge in [-0.25, -0.2) is 0 Å². The van der Waals surface area contributed by atoms with Crippen molar-refractivity contribution in [3.05, 3.63) is 30.6 Å². The summed E-state index contributed by atoms with van der Waals surface area (Å²) in [6.07, 6.45) is 3.50. The number of hydrogen-bond donors (Lipinski definition) is 2. The molecule has 0 saturated heterocycles. The van der Waals surface area contributed by atoms with Crippen LogP contribution in [0.15, 0.2) is 30.6 Å². The molecule has 0 amide bonds. The van der Waals surface area contributed by atoms with E-state index in [0.717, 1.165) is 0 Å². The molecule has 1 rings (SSSR count). The largest absolute Gasteiger partial charge is 0.265 e. The SMILES string of the molecule is [Co].[NH]=[Co]=[NH].c1ccncc1. The second-order valence-electron chi connectivity index (χ2n) is 1.11. The Balaban J connectivity index is 0. The zero-order chi connectivity index (χ0) is 6.95. The van der Waals surface area contributed by atoms with Gasteiger partial charge in [0.1, 0.15) is 0 Å². The third-order valence-electron chi connectivity index (χ3n) is 0.566. The molecule has 3 nitrogen and oxygen atoms in total. The molecule has 1 aromatic rings. The Labute approximate surface area is 75.6 Å². The van der Waals surface area contributed by atoms with Gasteiger partial charge in [0.2, 0.25) is 0 Å². The van der Waals surface area contributed by atoms with E-state index in [9.17, 15) is 0 Å². The van der Waals surface area contributed by atoms with Gasteiger partial charge in [-0.05, 0) is 12.1 Å². The van der Waals surface area contributed by atoms with Gasteiger partial charge in [0, 0.05) is 29.2 Å². The quantitative estimate of drug-likeness (QED) is 0.695. The van der Waals surface area contributed by atoms with Gasteiger partial charge in [0.15, 0.2) is 0 Å². The summed E-state index contributed by atoms with van der Waals surface area (Å²) < 4.78 is 11.7. The van der Waals surface area contributed by atoms with E-state index in [2.05, 4.69) is 4.98 Å². The van der Waals surface area contributed by atoms with Gasteiger partial charge >= 0.3 is 23.1 Å². The average Bonchev–Trinajstić information content (AvgIpc) is 1.93. The van der Waals surface area contributed by atoms with Crippen LogP contribution in [0.2, 0.25) is 0 Å². The number of nitrogens with one attached hydrogen (secondary N) is 2. The molecule has 0 aliphatic heterocycles. The Bertz CT molecular complexity index is 145. The predicted octanol–water partition coefficient (Wildman–Crippen LogP) is 1.67. The van der Waals surface area contributed by atoms with E-state index in [1.54, 1.807) is 12.4 Å².